The van der Waals surface area contributed by atoms with Crippen LogP contribution in [0.5, 0.6) is 0 Å². The Bertz CT molecular complexity index is 394. The summed E-state index contributed by atoms with van der Waals surface area (Å²) in [6.07, 6.45) is 28.7. The Morgan fingerprint density at radius 2 is 0.941 bits per heavy atom. The van der Waals surface area contributed by atoms with E-state index < -0.39 is 0 Å². The summed E-state index contributed by atoms with van der Waals surface area (Å²) in [5, 5.41) is 0. The lowest BCUT2D eigenvalue weighted by molar-refractivity contribution is -0.894. The molecule has 0 heterocycles. The predicted octanol–water partition coefficient (Wildman–Crippen LogP) is 7.82. The van der Waals surface area contributed by atoms with Crippen molar-refractivity contribution in [2.45, 2.75) is 163 Å². The zero-order valence-electron chi connectivity index (χ0n) is 25.1. The Kier molecular flexibility index (Phi) is 26.7. The van der Waals surface area contributed by atoms with Gasteiger partial charge in [0.1, 0.15) is 0 Å². The molecule has 0 aromatic rings. The van der Waals surface area contributed by atoms with E-state index >= 15 is 0 Å². The van der Waals surface area contributed by atoms with Crippen molar-refractivity contribution in [2.75, 3.05) is 27.2 Å². The second-order valence-corrected chi connectivity index (χ2v) is 12.5. The molecule has 3 unspecified atom stereocenters. The third-order valence-electron chi connectivity index (χ3n) is 8.06. The van der Waals surface area contributed by atoms with E-state index in [1.54, 1.807) is 0 Å². The largest absolute Gasteiger partial charge is 1.00 e. The Hall–Kier alpha value is 0.250. The van der Waals surface area contributed by atoms with Gasteiger partial charge in [0.05, 0.1) is 27.2 Å². The Morgan fingerprint density at radius 1 is 0.471 bits per heavy atom. The van der Waals surface area contributed by atoms with Crippen LogP contribution in [0.1, 0.15) is 163 Å². The Morgan fingerprint density at radius 3 is 1.47 bits per heavy atom. The van der Waals surface area contributed by atoms with Gasteiger partial charge in [0.25, 0.3) is 0 Å². The van der Waals surface area contributed by atoms with Crippen LogP contribution in [0.4, 0.5) is 0 Å². The lowest BCUT2D eigenvalue weighted by Gasteiger charge is -2.34. The molecule has 34 heavy (non-hydrogen) atoms. The van der Waals surface area contributed by atoms with E-state index in [0.717, 1.165) is 17.8 Å². The Balaban J connectivity index is 0. The summed E-state index contributed by atoms with van der Waals surface area (Å²) in [5.41, 5.74) is 0. The third kappa shape index (κ3) is 24.0. The van der Waals surface area contributed by atoms with Gasteiger partial charge in [-0.3, -0.25) is 0 Å². The Labute approximate surface area is 224 Å². The van der Waals surface area contributed by atoms with Crippen molar-refractivity contribution in [3.05, 3.63) is 0 Å². The minimum absolute atomic E-state index is 0. The van der Waals surface area contributed by atoms with Crippen molar-refractivity contribution in [2.24, 2.45) is 17.8 Å². The molecule has 0 saturated heterocycles. The fourth-order valence-corrected chi connectivity index (χ4v) is 5.86. The highest BCUT2D eigenvalue weighted by molar-refractivity contribution is 4.64. The van der Waals surface area contributed by atoms with Crippen LogP contribution in [0.15, 0.2) is 0 Å². The smallest absolute Gasteiger partial charge is 0.0811 e. The van der Waals surface area contributed by atoms with E-state index in [0.29, 0.717) is 0 Å². The second kappa shape index (κ2) is 24.9. The van der Waals surface area contributed by atoms with Crippen LogP contribution in [0.25, 0.3) is 0 Å². The first kappa shape index (κ1) is 36.4. The summed E-state index contributed by atoms with van der Waals surface area (Å²) in [6, 6.07) is 0. The number of hydrogen-bond donors (Lipinski definition) is 0. The molecule has 0 radical (unpaired) electrons. The first-order valence-electron chi connectivity index (χ1n) is 15.7. The van der Waals surface area contributed by atoms with Gasteiger partial charge >= 0.3 is 0 Å². The zero-order valence-corrected chi connectivity index (χ0v) is 25.9. The SMILES string of the molecule is CCCCCCCCCCCC[N+](C)(C)CC(CCCCC(C)CCC)CCC(C)CCC.[Cl-]. The molecule has 0 spiro atoms. The van der Waals surface area contributed by atoms with Crippen LogP contribution in [-0.4, -0.2) is 31.7 Å². The van der Waals surface area contributed by atoms with E-state index in [4.69, 9.17) is 0 Å². The van der Waals surface area contributed by atoms with Crippen LogP contribution >= 0.6 is 0 Å². The van der Waals surface area contributed by atoms with Crippen molar-refractivity contribution in [1.29, 1.82) is 0 Å². The van der Waals surface area contributed by atoms with E-state index in [1.807, 2.05) is 0 Å². The van der Waals surface area contributed by atoms with Gasteiger partial charge in [-0.05, 0) is 37.5 Å². The van der Waals surface area contributed by atoms with E-state index in [-0.39, 0.29) is 12.4 Å². The summed E-state index contributed by atoms with van der Waals surface area (Å²) in [5.74, 6) is 2.78. The van der Waals surface area contributed by atoms with Crippen molar-refractivity contribution >= 4 is 0 Å². The molecule has 0 bridgehead atoms. The predicted molar refractivity (Wildman–Crippen MR) is 153 cm³/mol. The van der Waals surface area contributed by atoms with Gasteiger partial charge in [0.15, 0.2) is 0 Å². The summed E-state index contributed by atoms with van der Waals surface area (Å²) in [6.45, 7) is 14.7. The van der Waals surface area contributed by atoms with Gasteiger partial charge in [0.2, 0.25) is 0 Å². The maximum absolute atomic E-state index is 2.51. The molecule has 0 aliphatic heterocycles. The summed E-state index contributed by atoms with van der Waals surface area (Å²) in [4.78, 5) is 0. The summed E-state index contributed by atoms with van der Waals surface area (Å²) >= 11 is 0. The topological polar surface area (TPSA) is 0 Å². The molecule has 0 aromatic heterocycles. The molecule has 208 valence electrons. The van der Waals surface area contributed by atoms with Crippen LogP contribution in [-0.2, 0) is 0 Å². The minimum atomic E-state index is 0. The van der Waals surface area contributed by atoms with E-state index in [2.05, 4.69) is 48.7 Å². The number of halogens is 1. The molecule has 0 N–H and O–H groups in total. The first-order chi connectivity index (χ1) is 15.8. The fraction of sp³-hybridized carbons (Fsp3) is 1.00. The number of hydrogen-bond acceptors (Lipinski definition) is 0. The molecule has 0 aliphatic rings. The maximum Gasteiger partial charge on any atom is 0.0811 e. The lowest BCUT2D eigenvalue weighted by atomic mass is 9.89. The molecule has 0 aliphatic carbocycles. The number of unbranched alkanes of at least 4 members (excludes halogenated alkanes) is 10. The van der Waals surface area contributed by atoms with E-state index in [1.165, 1.54) is 146 Å². The fourth-order valence-electron chi connectivity index (χ4n) is 5.86. The van der Waals surface area contributed by atoms with Crippen molar-refractivity contribution in [3.8, 4) is 0 Å². The van der Waals surface area contributed by atoms with Gasteiger partial charge in [-0.15, -0.1) is 0 Å². The summed E-state index contributed by atoms with van der Waals surface area (Å²) in [7, 11) is 5.03. The molecule has 2 heteroatoms. The first-order valence-corrected chi connectivity index (χ1v) is 15.7. The normalized spacial score (nSPS) is 14.6. The van der Waals surface area contributed by atoms with Crippen LogP contribution < -0.4 is 12.4 Å². The molecule has 0 rings (SSSR count). The molecule has 3 atom stereocenters. The molecule has 0 saturated carbocycles. The molecule has 0 fully saturated rings. The quantitative estimate of drug-likeness (QED) is 0.0882. The average Bonchev–Trinajstić information content (AvgIpc) is 2.76. The van der Waals surface area contributed by atoms with Gasteiger partial charge in [-0.1, -0.05) is 137 Å². The number of nitrogens with zero attached hydrogens (tertiary/aromatic N) is 1. The van der Waals surface area contributed by atoms with Crippen LogP contribution in [0.3, 0.4) is 0 Å². The molecule has 0 aromatic carbocycles. The lowest BCUT2D eigenvalue weighted by Crippen LogP contribution is -3.00. The highest BCUT2D eigenvalue weighted by Crippen LogP contribution is 2.25. The highest BCUT2D eigenvalue weighted by atomic mass is 35.5. The molecule has 1 nitrogen and oxygen atoms in total. The van der Waals surface area contributed by atoms with Gasteiger partial charge in [-0.2, -0.15) is 0 Å². The highest BCUT2D eigenvalue weighted by Gasteiger charge is 2.22. The standard InChI is InChI=1S/C32H68N.ClH/c1-8-11-12-13-14-15-16-17-18-21-28-33(6,7)29-32(27-26-31(5)23-10-3)25-20-19-24-30(4)22-9-2;/h30-32H,8-29H2,1-7H3;1H/q+1;/p-1. The van der Waals surface area contributed by atoms with Crippen molar-refractivity contribution in [1.82, 2.24) is 0 Å². The number of quaternary nitrogens is 1. The molecular formula is C32H68ClN. The van der Waals surface area contributed by atoms with E-state index in [9.17, 15) is 0 Å². The summed E-state index contributed by atoms with van der Waals surface area (Å²) < 4.78 is 1.25. The van der Waals surface area contributed by atoms with Gasteiger partial charge in [0, 0.05) is 5.92 Å². The maximum atomic E-state index is 2.51. The van der Waals surface area contributed by atoms with Crippen molar-refractivity contribution in [3.63, 3.8) is 0 Å². The van der Waals surface area contributed by atoms with Crippen molar-refractivity contribution < 1.29 is 16.9 Å². The van der Waals surface area contributed by atoms with Crippen LogP contribution in [0.2, 0.25) is 0 Å². The monoisotopic (exact) mass is 502 g/mol. The third-order valence-corrected chi connectivity index (χ3v) is 8.06. The second-order valence-electron chi connectivity index (χ2n) is 12.5. The molecule has 0 amide bonds. The zero-order chi connectivity index (χ0) is 24.8. The van der Waals surface area contributed by atoms with Gasteiger partial charge < -0.3 is 16.9 Å². The molecular weight excluding hydrogens is 434 g/mol. The number of rotatable bonds is 25. The minimum Gasteiger partial charge on any atom is -1.00 e. The average molecular weight is 502 g/mol. The van der Waals surface area contributed by atoms with Crippen LogP contribution in [0, 0.1) is 17.8 Å². The van der Waals surface area contributed by atoms with Gasteiger partial charge in [-0.25, -0.2) is 0 Å².